The van der Waals surface area contributed by atoms with Crippen molar-refractivity contribution in [3.63, 3.8) is 0 Å². The van der Waals surface area contributed by atoms with Gasteiger partial charge < -0.3 is 19.4 Å². The Morgan fingerprint density at radius 2 is 2.12 bits per heavy atom. The molecule has 134 valence electrons. The molecular formula is C19H25N3O3. The van der Waals surface area contributed by atoms with E-state index in [-0.39, 0.29) is 12.1 Å². The highest BCUT2D eigenvalue weighted by Gasteiger charge is 2.32. The van der Waals surface area contributed by atoms with E-state index in [4.69, 9.17) is 9.15 Å². The molecule has 3 heterocycles. The standard InChI is InChI=1S/C19H25N3O3/c1-13-16-5-3-4-6-17(16)25-18(13)14(2)20-19(23)22-8-7-21-9-10-24-12-15(21)11-22/h3-6,14-15H,7-12H2,1-2H3,(H,20,23)/t14-,15-/m1/s1. The van der Waals surface area contributed by atoms with Crippen molar-refractivity contribution in [3.8, 4) is 0 Å². The van der Waals surface area contributed by atoms with Crippen molar-refractivity contribution in [2.75, 3.05) is 39.4 Å². The number of fused-ring (bicyclic) bond motifs is 2. The van der Waals surface area contributed by atoms with Gasteiger partial charge in [-0.2, -0.15) is 0 Å². The van der Waals surface area contributed by atoms with E-state index >= 15 is 0 Å². The Balaban J connectivity index is 1.44. The minimum Gasteiger partial charge on any atom is -0.459 e. The first kappa shape index (κ1) is 16.4. The molecule has 1 aromatic carbocycles. The van der Waals surface area contributed by atoms with Crippen molar-refractivity contribution in [1.82, 2.24) is 15.1 Å². The second-order valence-electron chi connectivity index (χ2n) is 6.97. The van der Waals surface area contributed by atoms with Gasteiger partial charge in [0.15, 0.2) is 0 Å². The van der Waals surface area contributed by atoms with E-state index in [2.05, 4.69) is 16.3 Å². The van der Waals surface area contributed by atoms with Crippen molar-refractivity contribution < 1.29 is 13.9 Å². The van der Waals surface area contributed by atoms with Crippen LogP contribution in [0.1, 0.15) is 24.3 Å². The third kappa shape index (κ3) is 3.12. The van der Waals surface area contributed by atoms with Crippen LogP contribution in [0, 0.1) is 6.92 Å². The van der Waals surface area contributed by atoms with Crippen LogP contribution >= 0.6 is 0 Å². The Labute approximate surface area is 147 Å². The first-order valence-corrected chi connectivity index (χ1v) is 8.98. The Hall–Kier alpha value is -2.05. The highest BCUT2D eigenvalue weighted by molar-refractivity contribution is 5.82. The van der Waals surface area contributed by atoms with E-state index in [9.17, 15) is 4.79 Å². The second kappa shape index (κ2) is 6.69. The quantitative estimate of drug-likeness (QED) is 0.910. The SMILES string of the molecule is Cc1c([C@@H](C)NC(=O)N2CCN3CCOC[C@H]3C2)oc2ccccc12. The monoisotopic (exact) mass is 343 g/mol. The number of carbonyl (C=O) groups excluding carboxylic acids is 1. The number of amides is 2. The number of morpholine rings is 1. The molecule has 0 bridgehead atoms. The van der Waals surface area contributed by atoms with Crippen LogP contribution in [0.5, 0.6) is 0 Å². The zero-order valence-corrected chi connectivity index (χ0v) is 14.8. The van der Waals surface area contributed by atoms with E-state index in [0.29, 0.717) is 12.6 Å². The number of furan rings is 1. The largest absolute Gasteiger partial charge is 0.459 e. The summed E-state index contributed by atoms with van der Waals surface area (Å²) in [6.07, 6.45) is 0. The van der Waals surface area contributed by atoms with Gasteiger partial charge in [-0.1, -0.05) is 18.2 Å². The lowest BCUT2D eigenvalue weighted by molar-refractivity contribution is -0.0366. The summed E-state index contributed by atoms with van der Waals surface area (Å²) in [5.41, 5.74) is 1.96. The number of piperazine rings is 1. The van der Waals surface area contributed by atoms with Gasteiger partial charge in [-0.3, -0.25) is 4.90 Å². The van der Waals surface area contributed by atoms with Crippen molar-refractivity contribution >= 4 is 17.0 Å². The minimum atomic E-state index is -0.166. The highest BCUT2D eigenvalue weighted by atomic mass is 16.5. The summed E-state index contributed by atoms with van der Waals surface area (Å²) in [6, 6.07) is 8.10. The summed E-state index contributed by atoms with van der Waals surface area (Å²) in [5, 5.41) is 4.20. The molecule has 2 aromatic rings. The number of rotatable bonds is 2. The predicted molar refractivity (Wildman–Crippen MR) is 95.7 cm³/mol. The van der Waals surface area contributed by atoms with E-state index < -0.39 is 0 Å². The average Bonchev–Trinajstić information content (AvgIpc) is 2.98. The number of hydrogen-bond acceptors (Lipinski definition) is 4. The molecule has 0 unspecified atom stereocenters. The summed E-state index contributed by atoms with van der Waals surface area (Å²) < 4.78 is 11.5. The molecule has 2 aliphatic rings. The Kier molecular flexibility index (Phi) is 4.39. The van der Waals surface area contributed by atoms with E-state index in [1.807, 2.05) is 36.9 Å². The van der Waals surface area contributed by atoms with Crippen molar-refractivity contribution in [2.45, 2.75) is 25.9 Å². The number of benzene rings is 1. The summed E-state index contributed by atoms with van der Waals surface area (Å²) in [5.74, 6) is 0.828. The van der Waals surface area contributed by atoms with Gasteiger partial charge in [0.25, 0.3) is 0 Å². The van der Waals surface area contributed by atoms with Crippen LogP contribution < -0.4 is 5.32 Å². The molecule has 1 aromatic heterocycles. The molecule has 4 rings (SSSR count). The lowest BCUT2D eigenvalue weighted by Gasteiger charge is -2.43. The number of ether oxygens (including phenoxy) is 1. The summed E-state index contributed by atoms with van der Waals surface area (Å²) in [6.45, 7) is 8.89. The summed E-state index contributed by atoms with van der Waals surface area (Å²) >= 11 is 0. The van der Waals surface area contributed by atoms with Gasteiger partial charge in [-0.05, 0) is 19.9 Å². The van der Waals surface area contributed by atoms with E-state index in [0.717, 1.165) is 55.1 Å². The molecule has 6 nitrogen and oxygen atoms in total. The number of carbonyl (C=O) groups is 1. The van der Waals surface area contributed by atoms with Gasteiger partial charge in [-0.15, -0.1) is 0 Å². The van der Waals surface area contributed by atoms with Crippen molar-refractivity contribution in [3.05, 3.63) is 35.6 Å². The van der Waals surface area contributed by atoms with Crippen molar-refractivity contribution in [1.29, 1.82) is 0 Å². The molecule has 0 radical (unpaired) electrons. The third-order valence-electron chi connectivity index (χ3n) is 5.34. The second-order valence-corrected chi connectivity index (χ2v) is 6.97. The molecule has 2 atom stereocenters. The van der Waals surface area contributed by atoms with Crippen LogP contribution in [-0.4, -0.2) is 61.3 Å². The Bertz CT molecular complexity index is 772. The fraction of sp³-hybridized carbons (Fsp3) is 0.526. The Morgan fingerprint density at radius 1 is 1.28 bits per heavy atom. The fourth-order valence-electron chi connectivity index (χ4n) is 3.88. The number of aryl methyl sites for hydroxylation is 1. The number of nitrogens with zero attached hydrogens (tertiary/aromatic N) is 2. The average molecular weight is 343 g/mol. The zero-order valence-electron chi connectivity index (χ0n) is 14.8. The molecule has 2 saturated heterocycles. The summed E-state index contributed by atoms with van der Waals surface area (Å²) in [4.78, 5) is 17.0. The Morgan fingerprint density at radius 3 is 2.96 bits per heavy atom. The topological polar surface area (TPSA) is 58.0 Å². The first-order chi connectivity index (χ1) is 12.1. The molecule has 1 N–H and O–H groups in total. The van der Waals surface area contributed by atoms with Gasteiger partial charge in [-0.25, -0.2) is 4.79 Å². The first-order valence-electron chi connectivity index (χ1n) is 8.98. The van der Waals surface area contributed by atoms with Gasteiger partial charge in [0.2, 0.25) is 0 Å². The highest BCUT2D eigenvalue weighted by Crippen LogP contribution is 2.29. The van der Waals surface area contributed by atoms with E-state index in [1.165, 1.54) is 0 Å². The molecular weight excluding hydrogens is 318 g/mol. The van der Waals surface area contributed by atoms with Crippen LogP contribution in [0.4, 0.5) is 4.79 Å². The molecule has 0 saturated carbocycles. The molecule has 0 aliphatic carbocycles. The smallest absolute Gasteiger partial charge is 0.318 e. The maximum absolute atomic E-state index is 12.7. The minimum absolute atomic E-state index is 0.0300. The maximum atomic E-state index is 12.7. The van der Waals surface area contributed by atoms with Crippen molar-refractivity contribution in [2.24, 2.45) is 0 Å². The normalized spacial score (nSPS) is 22.6. The van der Waals surface area contributed by atoms with Gasteiger partial charge in [0, 0.05) is 37.1 Å². The molecule has 2 aliphatic heterocycles. The van der Waals surface area contributed by atoms with Crippen LogP contribution in [0.2, 0.25) is 0 Å². The van der Waals surface area contributed by atoms with Gasteiger partial charge in [0.05, 0.1) is 25.3 Å². The van der Waals surface area contributed by atoms with Gasteiger partial charge in [0.1, 0.15) is 11.3 Å². The van der Waals surface area contributed by atoms with Gasteiger partial charge >= 0.3 is 6.03 Å². The molecule has 0 spiro atoms. The molecule has 6 heteroatoms. The lowest BCUT2D eigenvalue weighted by Crippen LogP contribution is -2.60. The van der Waals surface area contributed by atoms with E-state index in [1.54, 1.807) is 0 Å². The number of hydrogen-bond donors (Lipinski definition) is 1. The lowest BCUT2D eigenvalue weighted by atomic mass is 10.1. The van der Waals surface area contributed by atoms with Crippen LogP contribution in [0.3, 0.4) is 0 Å². The molecule has 2 amide bonds. The third-order valence-corrected chi connectivity index (χ3v) is 5.34. The van der Waals surface area contributed by atoms with Crippen LogP contribution in [0.15, 0.2) is 28.7 Å². The predicted octanol–water partition coefficient (Wildman–Crippen LogP) is 2.53. The van der Waals surface area contributed by atoms with Crippen LogP contribution in [-0.2, 0) is 4.74 Å². The molecule has 25 heavy (non-hydrogen) atoms. The number of para-hydroxylation sites is 1. The fourth-order valence-corrected chi connectivity index (χ4v) is 3.88. The van der Waals surface area contributed by atoms with Crippen LogP contribution in [0.25, 0.3) is 11.0 Å². The maximum Gasteiger partial charge on any atom is 0.318 e. The number of urea groups is 1. The number of nitrogens with one attached hydrogen (secondary N) is 1. The molecule has 2 fully saturated rings. The zero-order chi connectivity index (χ0) is 17.4. The summed E-state index contributed by atoms with van der Waals surface area (Å²) in [7, 11) is 0.